The van der Waals surface area contributed by atoms with Gasteiger partial charge in [0.15, 0.2) is 0 Å². The van der Waals surface area contributed by atoms with E-state index >= 15 is 0 Å². The second kappa shape index (κ2) is 14.9. The Morgan fingerprint density at radius 3 is 1.39 bits per heavy atom. The molecule has 0 unspecified atom stereocenters. The molecule has 0 bridgehead atoms. The third kappa shape index (κ3) is 19.9. The number of unbranched alkanes of at least 4 members (excludes halogenated alkanes) is 10. The predicted molar refractivity (Wildman–Crippen MR) is 78.6 cm³/mol. The third-order valence-electron chi connectivity index (χ3n) is 3.01. The molecule has 0 aromatic rings. The van der Waals surface area contributed by atoms with Crippen molar-refractivity contribution in [2.75, 3.05) is 5.75 Å². The van der Waals surface area contributed by atoms with E-state index in [-0.39, 0.29) is 57.1 Å². The van der Waals surface area contributed by atoms with Gasteiger partial charge in [0.2, 0.25) is 0 Å². The average molecular weight is 304 g/mol. The molecule has 5 heteroatoms. The van der Waals surface area contributed by atoms with Crippen molar-refractivity contribution in [3.05, 3.63) is 0 Å². The Balaban J connectivity index is 0. The van der Waals surface area contributed by atoms with E-state index in [0.717, 1.165) is 12.8 Å². The summed E-state index contributed by atoms with van der Waals surface area (Å²) in [4.78, 5) is 0. The van der Waals surface area contributed by atoms with Crippen LogP contribution in [-0.4, -0.2) is 70.1 Å². The van der Waals surface area contributed by atoms with Crippen molar-refractivity contribution < 1.29 is 13.0 Å². The maximum atomic E-state index is 10.4. The van der Waals surface area contributed by atoms with Gasteiger partial charge in [-0.2, -0.15) is 8.42 Å². The summed E-state index contributed by atoms with van der Waals surface area (Å²) in [5.74, 6) is -0.0793. The fraction of sp³-hybridized carbons (Fsp3) is 1.00. The minimum Gasteiger partial charge on any atom is -0.286 e. The average Bonchev–Trinajstić information content (AvgIpc) is 2.24. The molecule has 0 aromatic carbocycles. The van der Waals surface area contributed by atoms with Crippen LogP contribution in [0.25, 0.3) is 0 Å². The van der Waals surface area contributed by atoms with Gasteiger partial charge in [-0.25, -0.2) is 0 Å². The molecule has 105 valence electrons. The van der Waals surface area contributed by atoms with E-state index in [9.17, 15) is 8.42 Å². The van der Waals surface area contributed by atoms with Crippen LogP contribution in [0.1, 0.15) is 77.6 Å². The molecule has 0 aliphatic carbocycles. The standard InChI is InChI=1S/C13H28O3S.K/c1-2-3-4-5-6-7-8-9-10-11-12-13-17(14,15)16;/h2-13H2,1H3,(H,14,15,16);. The summed E-state index contributed by atoms with van der Waals surface area (Å²) in [7, 11) is -3.73. The SMILES string of the molecule is CCCCCCCCCCCCCS(=O)(=O)O.[K]. The molecule has 0 heterocycles. The molecule has 0 rings (SSSR count). The second-order valence-electron chi connectivity index (χ2n) is 4.82. The van der Waals surface area contributed by atoms with E-state index in [2.05, 4.69) is 6.92 Å². The summed E-state index contributed by atoms with van der Waals surface area (Å²) < 4.78 is 29.4. The Morgan fingerprint density at radius 2 is 1.06 bits per heavy atom. The largest absolute Gasteiger partial charge is 0.286 e. The molecule has 0 spiro atoms. The summed E-state index contributed by atoms with van der Waals surface area (Å²) in [5, 5.41) is 0. The van der Waals surface area contributed by atoms with Crippen molar-refractivity contribution in [1.29, 1.82) is 0 Å². The van der Waals surface area contributed by atoms with E-state index < -0.39 is 10.1 Å². The van der Waals surface area contributed by atoms with Gasteiger partial charge in [-0.1, -0.05) is 71.1 Å². The summed E-state index contributed by atoms with van der Waals surface area (Å²) in [6, 6.07) is 0. The Bertz CT molecular complexity index is 253. The number of hydrogen-bond acceptors (Lipinski definition) is 2. The van der Waals surface area contributed by atoms with Crippen LogP contribution < -0.4 is 0 Å². The first-order valence-corrected chi connectivity index (χ1v) is 8.62. The molecule has 0 saturated heterocycles. The number of hydrogen-bond donors (Lipinski definition) is 1. The van der Waals surface area contributed by atoms with Crippen LogP contribution in [0.15, 0.2) is 0 Å². The zero-order valence-corrected chi connectivity index (χ0v) is 16.1. The molecule has 1 N–H and O–H groups in total. The van der Waals surface area contributed by atoms with Crippen LogP contribution >= 0.6 is 0 Å². The van der Waals surface area contributed by atoms with Crippen molar-refractivity contribution >= 4 is 61.5 Å². The van der Waals surface area contributed by atoms with Gasteiger partial charge in [-0.3, -0.25) is 4.55 Å². The van der Waals surface area contributed by atoms with Crippen LogP contribution in [0.4, 0.5) is 0 Å². The fourth-order valence-electron chi connectivity index (χ4n) is 1.95. The monoisotopic (exact) mass is 303 g/mol. The molecule has 0 aliphatic heterocycles. The van der Waals surface area contributed by atoms with Crippen LogP contribution in [0.5, 0.6) is 0 Å². The second-order valence-corrected chi connectivity index (χ2v) is 6.39. The summed E-state index contributed by atoms with van der Waals surface area (Å²) in [5.41, 5.74) is 0. The molecule has 0 aromatic heterocycles. The Hall–Kier alpha value is 1.55. The van der Waals surface area contributed by atoms with Gasteiger partial charge in [0.1, 0.15) is 0 Å². The molecular formula is C13H28KO3S. The Kier molecular flexibility index (Phi) is 18.1. The molecule has 0 amide bonds. The first kappa shape index (κ1) is 21.8. The zero-order chi connectivity index (χ0) is 13.0. The van der Waals surface area contributed by atoms with E-state index in [1.54, 1.807) is 0 Å². The fourth-order valence-corrected chi connectivity index (χ4v) is 2.52. The van der Waals surface area contributed by atoms with Crippen molar-refractivity contribution in [2.45, 2.75) is 77.6 Å². The van der Waals surface area contributed by atoms with Gasteiger partial charge >= 0.3 is 0 Å². The molecular weight excluding hydrogens is 275 g/mol. The molecule has 0 aliphatic rings. The van der Waals surface area contributed by atoms with Crippen molar-refractivity contribution in [3.63, 3.8) is 0 Å². The maximum Gasteiger partial charge on any atom is 0.264 e. The maximum absolute atomic E-state index is 10.4. The minimum atomic E-state index is -3.73. The van der Waals surface area contributed by atoms with E-state index in [1.165, 1.54) is 51.4 Å². The van der Waals surface area contributed by atoms with Gasteiger partial charge in [0, 0.05) is 51.4 Å². The van der Waals surface area contributed by atoms with Crippen molar-refractivity contribution in [1.82, 2.24) is 0 Å². The quantitative estimate of drug-likeness (QED) is 0.339. The zero-order valence-electron chi connectivity index (χ0n) is 12.2. The molecule has 0 fully saturated rings. The third-order valence-corrected chi connectivity index (χ3v) is 3.81. The van der Waals surface area contributed by atoms with Crippen molar-refractivity contribution in [2.24, 2.45) is 0 Å². The summed E-state index contributed by atoms with van der Waals surface area (Å²) >= 11 is 0. The van der Waals surface area contributed by atoms with Crippen LogP contribution in [-0.2, 0) is 10.1 Å². The normalized spacial score (nSPS) is 11.2. The summed E-state index contributed by atoms with van der Waals surface area (Å²) in [6.45, 7) is 2.23. The van der Waals surface area contributed by atoms with Gasteiger partial charge in [0.25, 0.3) is 10.1 Å². The van der Waals surface area contributed by atoms with E-state index in [4.69, 9.17) is 4.55 Å². The summed E-state index contributed by atoms with van der Waals surface area (Å²) in [6.07, 6.45) is 13.1. The van der Waals surface area contributed by atoms with E-state index in [1.807, 2.05) is 0 Å². The molecule has 0 saturated carbocycles. The van der Waals surface area contributed by atoms with Crippen LogP contribution in [0, 0.1) is 0 Å². The van der Waals surface area contributed by atoms with Crippen LogP contribution in [0.3, 0.4) is 0 Å². The molecule has 3 nitrogen and oxygen atoms in total. The van der Waals surface area contributed by atoms with Gasteiger partial charge in [0.05, 0.1) is 5.75 Å². The minimum absolute atomic E-state index is 0. The smallest absolute Gasteiger partial charge is 0.264 e. The van der Waals surface area contributed by atoms with Crippen LogP contribution in [0.2, 0.25) is 0 Å². The number of rotatable bonds is 12. The Labute approximate surface area is 156 Å². The Morgan fingerprint density at radius 1 is 0.722 bits per heavy atom. The van der Waals surface area contributed by atoms with E-state index in [0.29, 0.717) is 6.42 Å². The predicted octanol–water partition coefficient (Wildman–Crippen LogP) is 3.80. The first-order chi connectivity index (χ1) is 8.06. The van der Waals surface area contributed by atoms with Gasteiger partial charge in [-0.05, 0) is 6.42 Å². The van der Waals surface area contributed by atoms with Crippen molar-refractivity contribution in [3.8, 4) is 0 Å². The van der Waals surface area contributed by atoms with Gasteiger partial charge < -0.3 is 0 Å². The first-order valence-electron chi connectivity index (χ1n) is 7.01. The molecule has 0 atom stereocenters. The topological polar surface area (TPSA) is 54.4 Å². The molecule has 18 heavy (non-hydrogen) atoms. The molecule has 1 radical (unpaired) electrons. The van der Waals surface area contributed by atoms with Gasteiger partial charge in [-0.15, -0.1) is 0 Å².